The van der Waals surface area contributed by atoms with Crippen molar-refractivity contribution < 1.29 is 14.7 Å². The monoisotopic (exact) mass is 188 g/mol. The molecule has 5 nitrogen and oxygen atoms in total. The van der Waals surface area contributed by atoms with Crippen molar-refractivity contribution in [3.05, 3.63) is 0 Å². The van der Waals surface area contributed by atoms with Gasteiger partial charge in [-0.25, -0.2) is 4.79 Å². The van der Waals surface area contributed by atoms with Gasteiger partial charge in [-0.1, -0.05) is 0 Å². The molecule has 5 heteroatoms. The fourth-order valence-electron chi connectivity index (χ4n) is 0.899. The van der Waals surface area contributed by atoms with Crippen LogP contribution in [-0.2, 0) is 4.79 Å². The number of nitrogens with one attached hydrogen (secondary N) is 1. The molecule has 76 valence electrons. The molecule has 0 unspecified atom stereocenters. The van der Waals surface area contributed by atoms with Crippen molar-refractivity contribution in [1.29, 1.82) is 0 Å². The van der Waals surface area contributed by atoms with Gasteiger partial charge in [0.2, 0.25) is 0 Å². The highest BCUT2D eigenvalue weighted by molar-refractivity contribution is 5.75. The Balaban J connectivity index is 3.66. The van der Waals surface area contributed by atoms with E-state index in [2.05, 4.69) is 5.32 Å². The second kappa shape index (κ2) is 6.28. The van der Waals surface area contributed by atoms with E-state index in [1.165, 1.54) is 0 Å². The Morgan fingerprint density at radius 3 is 2.23 bits per heavy atom. The maximum atomic E-state index is 11.2. The Bertz CT molecular complexity index is 178. The molecule has 0 aliphatic rings. The number of carbonyl (C=O) groups excluding carboxylic acids is 1. The average Bonchev–Trinajstić information content (AvgIpc) is 2.05. The van der Waals surface area contributed by atoms with Gasteiger partial charge in [0.05, 0.1) is 6.42 Å². The summed E-state index contributed by atoms with van der Waals surface area (Å²) in [5.41, 5.74) is 0. The van der Waals surface area contributed by atoms with Crippen molar-refractivity contribution in [2.75, 3.05) is 19.6 Å². The van der Waals surface area contributed by atoms with E-state index >= 15 is 0 Å². The zero-order valence-electron chi connectivity index (χ0n) is 8.04. The summed E-state index contributed by atoms with van der Waals surface area (Å²) in [5, 5.41) is 10.8. The van der Waals surface area contributed by atoms with E-state index in [1.807, 2.05) is 13.8 Å². The minimum atomic E-state index is -0.903. The minimum absolute atomic E-state index is 0.0347. The molecule has 0 spiro atoms. The van der Waals surface area contributed by atoms with Gasteiger partial charge in [-0.15, -0.1) is 0 Å². The van der Waals surface area contributed by atoms with Crippen molar-refractivity contribution in [2.45, 2.75) is 20.3 Å². The van der Waals surface area contributed by atoms with Crippen LogP contribution in [-0.4, -0.2) is 41.6 Å². The second-order valence-electron chi connectivity index (χ2n) is 2.55. The predicted octanol–water partition coefficient (Wildman–Crippen LogP) is 0.512. The summed E-state index contributed by atoms with van der Waals surface area (Å²) in [5.74, 6) is -0.903. The van der Waals surface area contributed by atoms with E-state index in [-0.39, 0.29) is 19.0 Å². The van der Waals surface area contributed by atoms with Crippen LogP contribution in [0.1, 0.15) is 20.3 Å². The van der Waals surface area contributed by atoms with Gasteiger partial charge in [-0.2, -0.15) is 0 Å². The SMILES string of the molecule is CCN(CC)C(=O)NCCC(=O)O. The summed E-state index contributed by atoms with van der Waals surface area (Å²) in [7, 11) is 0. The standard InChI is InChI=1S/C8H16N2O3/c1-3-10(4-2)8(13)9-6-5-7(11)12/h3-6H2,1-2H3,(H,9,13)(H,11,12). The fraction of sp³-hybridized carbons (Fsp3) is 0.750. The van der Waals surface area contributed by atoms with Crippen molar-refractivity contribution in [1.82, 2.24) is 10.2 Å². The van der Waals surface area contributed by atoms with Crippen LogP contribution in [0.2, 0.25) is 0 Å². The van der Waals surface area contributed by atoms with E-state index in [0.29, 0.717) is 13.1 Å². The van der Waals surface area contributed by atoms with Crippen LogP contribution < -0.4 is 5.32 Å². The summed E-state index contributed by atoms with van der Waals surface area (Å²) in [6, 6.07) is -0.203. The number of aliphatic carboxylic acids is 1. The molecule has 2 amide bonds. The molecule has 13 heavy (non-hydrogen) atoms. The normalized spacial score (nSPS) is 9.38. The summed E-state index contributed by atoms with van der Waals surface area (Å²) in [6.45, 7) is 5.20. The molecule has 0 rings (SSSR count). The molecule has 0 bridgehead atoms. The van der Waals surface area contributed by atoms with Gasteiger partial charge >= 0.3 is 12.0 Å². The third-order valence-corrected chi connectivity index (χ3v) is 1.67. The number of urea groups is 1. The zero-order valence-corrected chi connectivity index (χ0v) is 8.04. The van der Waals surface area contributed by atoms with E-state index < -0.39 is 5.97 Å². The Hall–Kier alpha value is -1.26. The molecule has 0 radical (unpaired) electrons. The van der Waals surface area contributed by atoms with Crippen LogP contribution in [0.5, 0.6) is 0 Å². The first kappa shape index (κ1) is 11.7. The van der Waals surface area contributed by atoms with Crippen molar-refractivity contribution in [3.8, 4) is 0 Å². The van der Waals surface area contributed by atoms with Gasteiger partial charge < -0.3 is 15.3 Å². The van der Waals surface area contributed by atoms with Crippen molar-refractivity contribution in [2.24, 2.45) is 0 Å². The average molecular weight is 188 g/mol. The first-order valence-corrected chi connectivity index (χ1v) is 4.36. The molecule has 2 N–H and O–H groups in total. The molecular formula is C8H16N2O3. The van der Waals surface area contributed by atoms with Gasteiger partial charge in [0.1, 0.15) is 0 Å². The van der Waals surface area contributed by atoms with Crippen LogP contribution in [0.3, 0.4) is 0 Å². The number of nitrogens with zero attached hydrogens (tertiary/aromatic N) is 1. The smallest absolute Gasteiger partial charge is 0.317 e. The van der Waals surface area contributed by atoms with Crippen LogP contribution >= 0.6 is 0 Å². The summed E-state index contributed by atoms with van der Waals surface area (Å²) in [6.07, 6.45) is -0.0347. The largest absolute Gasteiger partial charge is 0.481 e. The zero-order chi connectivity index (χ0) is 10.3. The summed E-state index contributed by atoms with van der Waals surface area (Å²) in [4.78, 5) is 22.9. The van der Waals surface area contributed by atoms with Gasteiger partial charge in [0, 0.05) is 19.6 Å². The molecule has 0 aromatic rings. The maximum absolute atomic E-state index is 11.2. The van der Waals surface area contributed by atoms with Crippen LogP contribution in [0.25, 0.3) is 0 Å². The number of rotatable bonds is 5. The number of carboxylic acid groups (broad SMARTS) is 1. The van der Waals surface area contributed by atoms with E-state index in [9.17, 15) is 9.59 Å². The number of amides is 2. The number of carboxylic acids is 1. The van der Waals surface area contributed by atoms with Gasteiger partial charge in [-0.05, 0) is 13.8 Å². The molecule has 0 heterocycles. The quantitative estimate of drug-likeness (QED) is 0.660. The lowest BCUT2D eigenvalue weighted by atomic mass is 10.4. The minimum Gasteiger partial charge on any atom is -0.481 e. The number of hydrogen-bond acceptors (Lipinski definition) is 2. The number of hydrogen-bond donors (Lipinski definition) is 2. The first-order chi connectivity index (χ1) is 6.11. The molecule has 0 saturated carbocycles. The molecule has 0 aromatic carbocycles. The third kappa shape index (κ3) is 5.05. The van der Waals surface area contributed by atoms with Crippen molar-refractivity contribution >= 4 is 12.0 Å². The van der Waals surface area contributed by atoms with Gasteiger partial charge in [-0.3, -0.25) is 4.79 Å². The second-order valence-corrected chi connectivity index (χ2v) is 2.55. The Kier molecular flexibility index (Phi) is 5.67. The third-order valence-electron chi connectivity index (χ3n) is 1.67. The number of carbonyl (C=O) groups is 2. The van der Waals surface area contributed by atoms with E-state index in [1.54, 1.807) is 4.90 Å². The van der Waals surface area contributed by atoms with Crippen LogP contribution in [0, 0.1) is 0 Å². The highest BCUT2D eigenvalue weighted by Gasteiger charge is 2.08. The molecule has 0 aliphatic heterocycles. The highest BCUT2D eigenvalue weighted by atomic mass is 16.4. The predicted molar refractivity (Wildman–Crippen MR) is 48.6 cm³/mol. The van der Waals surface area contributed by atoms with E-state index in [0.717, 1.165) is 0 Å². The Labute approximate surface area is 77.7 Å². The molecular weight excluding hydrogens is 172 g/mol. The molecule has 0 aromatic heterocycles. The maximum Gasteiger partial charge on any atom is 0.317 e. The lowest BCUT2D eigenvalue weighted by Crippen LogP contribution is -2.40. The topological polar surface area (TPSA) is 69.6 Å². The lowest BCUT2D eigenvalue weighted by molar-refractivity contribution is -0.136. The van der Waals surface area contributed by atoms with Crippen LogP contribution in [0.4, 0.5) is 4.79 Å². The summed E-state index contributed by atoms with van der Waals surface area (Å²) >= 11 is 0. The fourth-order valence-corrected chi connectivity index (χ4v) is 0.899. The lowest BCUT2D eigenvalue weighted by Gasteiger charge is -2.18. The Morgan fingerprint density at radius 1 is 1.31 bits per heavy atom. The van der Waals surface area contributed by atoms with Crippen LogP contribution in [0.15, 0.2) is 0 Å². The first-order valence-electron chi connectivity index (χ1n) is 4.36. The molecule has 0 atom stereocenters. The highest BCUT2D eigenvalue weighted by Crippen LogP contribution is 1.87. The molecule has 0 fully saturated rings. The van der Waals surface area contributed by atoms with E-state index in [4.69, 9.17) is 5.11 Å². The molecule has 0 aliphatic carbocycles. The Morgan fingerprint density at radius 2 is 1.85 bits per heavy atom. The van der Waals surface area contributed by atoms with Crippen molar-refractivity contribution in [3.63, 3.8) is 0 Å². The van der Waals surface area contributed by atoms with Gasteiger partial charge in [0.15, 0.2) is 0 Å². The molecule has 0 saturated heterocycles. The summed E-state index contributed by atoms with van der Waals surface area (Å²) < 4.78 is 0. The van der Waals surface area contributed by atoms with Gasteiger partial charge in [0.25, 0.3) is 0 Å².